The lowest BCUT2D eigenvalue weighted by atomic mass is 9.87. The molecular weight excluding hydrogens is 290 g/mol. The summed E-state index contributed by atoms with van der Waals surface area (Å²) in [5.41, 5.74) is 0. The van der Waals surface area contributed by atoms with Crippen molar-refractivity contribution in [2.24, 2.45) is 17.8 Å². The van der Waals surface area contributed by atoms with Gasteiger partial charge in [-0.15, -0.1) is 0 Å². The van der Waals surface area contributed by atoms with E-state index in [0.717, 1.165) is 64.4 Å². The molecule has 2 saturated carbocycles. The van der Waals surface area contributed by atoms with Crippen molar-refractivity contribution in [3.8, 4) is 0 Å². The van der Waals surface area contributed by atoms with Crippen LogP contribution in [-0.2, 0) is 9.59 Å². The molecule has 2 aliphatic carbocycles. The Morgan fingerprint density at radius 2 is 1.57 bits per heavy atom. The van der Waals surface area contributed by atoms with Crippen molar-refractivity contribution in [2.75, 3.05) is 45.8 Å². The maximum Gasteiger partial charge on any atom is 0.236 e. The van der Waals surface area contributed by atoms with Crippen molar-refractivity contribution in [1.82, 2.24) is 14.7 Å². The Kier molecular flexibility index (Phi) is 4.31. The van der Waals surface area contributed by atoms with Gasteiger partial charge in [0.1, 0.15) is 0 Å². The number of rotatable bonds is 3. The zero-order valence-electron chi connectivity index (χ0n) is 14.1. The average Bonchev–Trinajstić information content (AvgIpc) is 3.32. The lowest BCUT2D eigenvalue weighted by Crippen LogP contribution is -2.52. The van der Waals surface area contributed by atoms with Crippen LogP contribution in [0.1, 0.15) is 38.5 Å². The lowest BCUT2D eigenvalue weighted by molar-refractivity contribution is -0.139. The summed E-state index contributed by atoms with van der Waals surface area (Å²) < 4.78 is 0. The molecule has 2 aliphatic heterocycles. The Morgan fingerprint density at radius 1 is 0.826 bits per heavy atom. The van der Waals surface area contributed by atoms with E-state index in [1.54, 1.807) is 0 Å². The molecule has 0 radical (unpaired) electrons. The largest absolute Gasteiger partial charge is 0.342 e. The molecule has 2 bridgehead atoms. The van der Waals surface area contributed by atoms with Crippen LogP contribution in [0.4, 0.5) is 0 Å². The summed E-state index contributed by atoms with van der Waals surface area (Å²) in [6.07, 6.45) is 7.35. The summed E-state index contributed by atoms with van der Waals surface area (Å²) >= 11 is 0. The highest BCUT2D eigenvalue weighted by atomic mass is 16.2. The van der Waals surface area contributed by atoms with Gasteiger partial charge in [-0.05, 0) is 43.9 Å². The average molecular weight is 319 g/mol. The molecule has 2 amide bonds. The Hall–Kier alpha value is -1.10. The maximum atomic E-state index is 12.8. The van der Waals surface area contributed by atoms with Gasteiger partial charge in [0.15, 0.2) is 0 Å². The van der Waals surface area contributed by atoms with E-state index in [0.29, 0.717) is 24.3 Å². The third kappa shape index (κ3) is 3.12. The fourth-order valence-electron chi connectivity index (χ4n) is 5.17. The van der Waals surface area contributed by atoms with E-state index < -0.39 is 0 Å². The number of carbonyl (C=O) groups excluding carboxylic acids is 2. The molecule has 23 heavy (non-hydrogen) atoms. The van der Waals surface area contributed by atoms with Gasteiger partial charge >= 0.3 is 0 Å². The fraction of sp³-hybridized carbons (Fsp3) is 0.889. The number of fused-ring (bicyclic) bond motifs is 2. The van der Waals surface area contributed by atoms with Crippen LogP contribution >= 0.6 is 0 Å². The van der Waals surface area contributed by atoms with Crippen molar-refractivity contribution >= 4 is 11.8 Å². The van der Waals surface area contributed by atoms with E-state index >= 15 is 0 Å². The summed E-state index contributed by atoms with van der Waals surface area (Å²) in [7, 11) is 0. The fourth-order valence-corrected chi connectivity index (χ4v) is 5.17. The Bertz CT molecular complexity index is 467. The topological polar surface area (TPSA) is 43.9 Å². The smallest absolute Gasteiger partial charge is 0.236 e. The second-order valence-corrected chi connectivity index (χ2v) is 7.97. The van der Waals surface area contributed by atoms with Crippen molar-refractivity contribution in [3.63, 3.8) is 0 Å². The molecule has 2 saturated heterocycles. The summed E-state index contributed by atoms with van der Waals surface area (Å²) in [6, 6.07) is 0. The van der Waals surface area contributed by atoms with Crippen molar-refractivity contribution in [1.29, 1.82) is 0 Å². The summed E-state index contributed by atoms with van der Waals surface area (Å²) in [6.45, 7) is 5.72. The van der Waals surface area contributed by atoms with Crippen LogP contribution < -0.4 is 0 Å². The molecule has 5 heteroatoms. The zero-order valence-corrected chi connectivity index (χ0v) is 14.1. The first-order valence-electron chi connectivity index (χ1n) is 9.49. The third-order valence-corrected chi connectivity index (χ3v) is 6.56. The Balaban J connectivity index is 1.24. The molecule has 4 rings (SSSR count). The van der Waals surface area contributed by atoms with Gasteiger partial charge in [0.05, 0.1) is 6.54 Å². The zero-order chi connectivity index (χ0) is 15.8. The number of nitrogens with zero attached hydrogens (tertiary/aromatic N) is 3. The van der Waals surface area contributed by atoms with E-state index in [4.69, 9.17) is 0 Å². The molecule has 3 unspecified atom stereocenters. The van der Waals surface area contributed by atoms with Crippen LogP contribution in [0.15, 0.2) is 0 Å². The molecular formula is C18H29N3O2. The number of piperazine rings is 1. The molecule has 4 aliphatic rings. The predicted molar refractivity (Wildman–Crippen MR) is 87.8 cm³/mol. The van der Waals surface area contributed by atoms with Crippen molar-refractivity contribution < 1.29 is 9.59 Å². The van der Waals surface area contributed by atoms with Gasteiger partial charge in [-0.2, -0.15) is 0 Å². The maximum absolute atomic E-state index is 12.8. The van der Waals surface area contributed by atoms with E-state index in [1.807, 2.05) is 4.90 Å². The minimum atomic E-state index is 0.273. The minimum absolute atomic E-state index is 0.273. The molecule has 0 aromatic heterocycles. The highest BCUT2D eigenvalue weighted by Gasteiger charge is 2.44. The number of hydrogen-bond donors (Lipinski definition) is 0. The van der Waals surface area contributed by atoms with Gasteiger partial charge in [-0.3, -0.25) is 14.5 Å². The molecule has 4 fully saturated rings. The highest BCUT2D eigenvalue weighted by Crippen LogP contribution is 2.48. The Morgan fingerprint density at radius 3 is 2.17 bits per heavy atom. The molecule has 0 aromatic carbocycles. The number of hydrogen-bond acceptors (Lipinski definition) is 3. The van der Waals surface area contributed by atoms with Gasteiger partial charge in [0.25, 0.3) is 0 Å². The minimum Gasteiger partial charge on any atom is -0.342 e. The van der Waals surface area contributed by atoms with Crippen LogP contribution in [0.3, 0.4) is 0 Å². The normalized spacial score (nSPS) is 34.3. The predicted octanol–water partition coefficient (Wildman–Crippen LogP) is 1.19. The molecule has 3 atom stereocenters. The molecule has 0 spiro atoms. The van der Waals surface area contributed by atoms with Crippen molar-refractivity contribution in [3.05, 3.63) is 0 Å². The SMILES string of the molecule is O=C(CN1CCN(C(=O)C2CC3CCC2C3)CC1)N1CCCC1. The van der Waals surface area contributed by atoms with Gasteiger partial charge < -0.3 is 9.80 Å². The molecule has 2 heterocycles. The van der Waals surface area contributed by atoms with E-state index in [-0.39, 0.29) is 5.91 Å². The van der Waals surface area contributed by atoms with E-state index in [2.05, 4.69) is 9.80 Å². The number of carbonyl (C=O) groups is 2. The second kappa shape index (κ2) is 6.42. The first kappa shape index (κ1) is 15.4. The van der Waals surface area contributed by atoms with Gasteiger partial charge in [-0.1, -0.05) is 6.42 Å². The summed E-state index contributed by atoms with van der Waals surface area (Å²) in [4.78, 5) is 31.3. The highest BCUT2D eigenvalue weighted by molar-refractivity contribution is 5.80. The standard InChI is InChI=1S/C18H29N3O2/c22-17(20-5-1-2-6-20)13-19-7-9-21(10-8-19)18(23)16-12-14-3-4-15(16)11-14/h14-16H,1-13H2. The van der Waals surface area contributed by atoms with Crippen LogP contribution in [0.5, 0.6) is 0 Å². The monoisotopic (exact) mass is 319 g/mol. The van der Waals surface area contributed by atoms with Gasteiger partial charge in [0, 0.05) is 45.2 Å². The molecule has 5 nitrogen and oxygen atoms in total. The van der Waals surface area contributed by atoms with Crippen molar-refractivity contribution in [2.45, 2.75) is 38.5 Å². The molecule has 0 N–H and O–H groups in total. The quantitative estimate of drug-likeness (QED) is 0.785. The second-order valence-electron chi connectivity index (χ2n) is 7.97. The van der Waals surface area contributed by atoms with Crippen LogP contribution in [-0.4, -0.2) is 72.3 Å². The van der Waals surface area contributed by atoms with Gasteiger partial charge in [0.2, 0.25) is 11.8 Å². The van der Waals surface area contributed by atoms with E-state index in [1.165, 1.54) is 19.3 Å². The summed E-state index contributed by atoms with van der Waals surface area (Å²) in [5.74, 6) is 2.49. The molecule has 128 valence electrons. The number of amides is 2. The first-order valence-corrected chi connectivity index (χ1v) is 9.49. The summed E-state index contributed by atoms with van der Waals surface area (Å²) in [5, 5.41) is 0. The third-order valence-electron chi connectivity index (χ3n) is 6.56. The van der Waals surface area contributed by atoms with Crippen LogP contribution in [0, 0.1) is 17.8 Å². The lowest BCUT2D eigenvalue weighted by Gasteiger charge is -2.37. The first-order chi connectivity index (χ1) is 11.2. The van der Waals surface area contributed by atoms with Crippen LogP contribution in [0.25, 0.3) is 0 Å². The van der Waals surface area contributed by atoms with E-state index in [9.17, 15) is 9.59 Å². The number of likely N-dealkylation sites (tertiary alicyclic amines) is 1. The Labute approximate surface area is 139 Å². The molecule has 0 aromatic rings. The van der Waals surface area contributed by atoms with Crippen LogP contribution in [0.2, 0.25) is 0 Å². The van der Waals surface area contributed by atoms with Gasteiger partial charge in [-0.25, -0.2) is 0 Å².